The van der Waals surface area contributed by atoms with Crippen molar-refractivity contribution in [3.8, 4) is 11.5 Å². The fourth-order valence-corrected chi connectivity index (χ4v) is 4.77. The highest BCUT2D eigenvalue weighted by molar-refractivity contribution is 5.98. The van der Waals surface area contributed by atoms with Crippen LogP contribution in [0.1, 0.15) is 56.3 Å². The summed E-state index contributed by atoms with van der Waals surface area (Å²) in [7, 11) is 0. The number of amides is 3. The number of nitrogens with zero attached hydrogens (tertiary/aromatic N) is 2. The largest absolute Gasteiger partial charge is 0.454 e. The molecule has 1 atom stereocenters. The number of carbonyl (C=O) groups is 3. The lowest BCUT2D eigenvalue weighted by molar-refractivity contribution is -0.138. The van der Waals surface area contributed by atoms with Crippen LogP contribution < -0.4 is 14.8 Å². The molecule has 0 bridgehead atoms. The van der Waals surface area contributed by atoms with Crippen molar-refractivity contribution in [2.24, 2.45) is 11.8 Å². The Morgan fingerprint density at radius 3 is 2.25 bits per heavy atom. The Balaban J connectivity index is 1.48. The van der Waals surface area contributed by atoms with E-state index in [1.165, 1.54) is 0 Å². The molecule has 1 aromatic rings. The van der Waals surface area contributed by atoms with Gasteiger partial charge < -0.3 is 24.6 Å². The fraction of sp³-hybridized carbons (Fsp3) is 0.625. The molecule has 0 aromatic heterocycles. The van der Waals surface area contributed by atoms with Gasteiger partial charge in [0.15, 0.2) is 11.5 Å². The number of carbonyl (C=O) groups excluding carboxylic acids is 3. The van der Waals surface area contributed by atoms with Crippen molar-refractivity contribution in [2.45, 2.75) is 52.0 Å². The fourth-order valence-electron chi connectivity index (χ4n) is 4.77. The second-order valence-electron chi connectivity index (χ2n) is 9.22. The summed E-state index contributed by atoms with van der Waals surface area (Å²) in [6, 6.07) is 4.47. The van der Waals surface area contributed by atoms with E-state index in [2.05, 4.69) is 5.32 Å². The Morgan fingerprint density at radius 2 is 1.56 bits per heavy atom. The highest BCUT2D eigenvalue weighted by atomic mass is 16.7. The van der Waals surface area contributed by atoms with Crippen LogP contribution in [0.3, 0.4) is 0 Å². The lowest BCUT2D eigenvalue weighted by Crippen LogP contribution is -2.55. The lowest BCUT2D eigenvalue weighted by atomic mass is 9.87. The van der Waals surface area contributed by atoms with Gasteiger partial charge in [-0.3, -0.25) is 14.4 Å². The molecule has 3 heterocycles. The third-order valence-corrected chi connectivity index (χ3v) is 6.67. The lowest BCUT2D eigenvalue weighted by Gasteiger charge is -2.39. The van der Waals surface area contributed by atoms with Crippen LogP contribution in [0.5, 0.6) is 11.5 Å². The SMILES string of the molecule is CC(C)C(=O)N1CCC([C@@H](NC(=O)c2ccc3c(c2)OCO3)C(=O)N2CCCCC2)CC1. The minimum atomic E-state index is -0.595. The predicted octanol–water partition coefficient (Wildman–Crippen LogP) is 2.42. The van der Waals surface area contributed by atoms with Gasteiger partial charge in [0.1, 0.15) is 6.04 Å². The van der Waals surface area contributed by atoms with Gasteiger partial charge in [0.2, 0.25) is 18.6 Å². The first-order valence-corrected chi connectivity index (χ1v) is 11.7. The van der Waals surface area contributed by atoms with Gasteiger partial charge in [-0.05, 0) is 56.2 Å². The number of likely N-dealkylation sites (tertiary alicyclic amines) is 2. The van der Waals surface area contributed by atoms with Crippen molar-refractivity contribution in [3.05, 3.63) is 23.8 Å². The zero-order chi connectivity index (χ0) is 22.7. The van der Waals surface area contributed by atoms with Crippen LogP contribution in [-0.2, 0) is 9.59 Å². The Labute approximate surface area is 189 Å². The quantitative estimate of drug-likeness (QED) is 0.755. The first-order chi connectivity index (χ1) is 15.4. The number of fused-ring (bicyclic) bond motifs is 1. The van der Waals surface area contributed by atoms with Crippen molar-refractivity contribution in [3.63, 3.8) is 0 Å². The zero-order valence-corrected chi connectivity index (χ0v) is 19.0. The van der Waals surface area contributed by atoms with E-state index in [0.717, 1.165) is 32.4 Å². The normalized spacial score (nSPS) is 19.7. The Morgan fingerprint density at radius 1 is 0.906 bits per heavy atom. The Hall–Kier alpha value is -2.77. The molecule has 32 heavy (non-hydrogen) atoms. The third-order valence-electron chi connectivity index (χ3n) is 6.67. The first-order valence-electron chi connectivity index (χ1n) is 11.7. The smallest absolute Gasteiger partial charge is 0.252 e. The van der Waals surface area contributed by atoms with E-state index in [1.807, 2.05) is 23.6 Å². The van der Waals surface area contributed by atoms with Crippen LogP contribution in [-0.4, -0.2) is 66.5 Å². The summed E-state index contributed by atoms with van der Waals surface area (Å²) in [5.41, 5.74) is 0.443. The van der Waals surface area contributed by atoms with Gasteiger partial charge in [-0.15, -0.1) is 0 Å². The average molecular weight is 444 g/mol. The number of benzene rings is 1. The molecular formula is C24H33N3O5. The summed E-state index contributed by atoms with van der Waals surface area (Å²) in [6.45, 7) is 6.66. The van der Waals surface area contributed by atoms with Crippen LogP contribution in [0.2, 0.25) is 0 Å². The van der Waals surface area contributed by atoms with Gasteiger partial charge >= 0.3 is 0 Å². The van der Waals surface area contributed by atoms with Crippen molar-refractivity contribution in [1.29, 1.82) is 0 Å². The number of rotatable bonds is 5. The first kappa shape index (κ1) is 22.4. The minimum absolute atomic E-state index is 0.00130. The summed E-state index contributed by atoms with van der Waals surface area (Å²) in [5, 5.41) is 3.03. The summed E-state index contributed by atoms with van der Waals surface area (Å²) in [5.74, 6) is 0.960. The number of nitrogens with one attached hydrogen (secondary N) is 1. The maximum Gasteiger partial charge on any atom is 0.252 e. The summed E-state index contributed by atoms with van der Waals surface area (Å²) >= 11 is 0. The molecular weight excluding hydrogens is 410 g/mol. The molecule has 2 saturated heterocycles. The van der Waals surface area contributed by atoms with Crippen LogP contribution in [0.4, 0.5) is 0 Å². The van der Waals surface area contributed by atoms with Gasteiger partial charge in [0.25, 0.3) is 5.91 Å². The number of ether oxygens (including phenoxy) is 2. The van der Waals surface area contributed by atoms with E-state index >= 15 is 0 Å². The van der Waals surface area contributed by atoms with Crippen molar-refractivity contribution < 1.29 is 23.9 Å². The van der Waals surface area contributed by atoms with Crippen LogP contribution in [0, 0.1) is 11.8 Å². The van der Waals surface area contributed by atoms with E-state index in [9.17, 15) is 14.4 Å². The van der Waals surface area contributed by atoms with Crippen molar-refractivity contribution >= 4 is 17.7 Å². The van der Waals surface area contributed by atoms with Gasteiger partial charge in [0, 0.05) is 37.7 Å². The van der Waals surface area contributed by atoms with E-state index < -0.39 is 6.04 Å². The number of hydrogen-bond acceptors (Lipinski definition) is 5. The average Bonchev–Trinajstić information content (AvgIpc) is 3.30. The van der Waals surface area contributed by atoms with Crippen LogP contribution >= 0.6 is 0 Å². The van der Waals surface area contributed by atoms with Gasteiger partial charge in [-0.25, -0.2) is 0 Å². The molecule has 0 aliphatic carbocycles. The maximum atomic E-state index is 13.5. The Bertz CT molecular complexity index is 857. The molecule has 4 rings (SSSR count). The molecule has 2 fully saturated rings. The molecule has 3 amide bonds. The Kier molecular flexibility index (Phi) is 6.86. The summed E-state index contributed by atoms with van der Waals surface area (Å²) < 4.78 is 10.7. The molecule has 8 heteroatoms. The minimum Gasteiger partial charge on any atom is -0.454 e. The highest BCUT2D eigenvalue weighted by Gasteiger charge is 2.37. The molecule has 3 aliphatic heterocycles. The molecule has 174 valence electrons. The molecule has 3 aliphatic rings. The topological polar surface area (TPSA) is 88.2 Å². The van der Waals surface area contributed by atoms with Crippen molar-refractivity contribution in [1.82, 2.24) is 15.1 Å². The van der Waals surface area contributed by atoms with Crippen molar-refractivity contribution in [2.75, 3.05) is 33.0 Å². The molecule has 0 spiro atoms. The van der Waals surface area contributed by atoms with E-state index in [4.69, 9.17) is 9.47 Å². The molecule has 0 unspecified atom stereocenters. The third kappa shape index (κ3) is 4.84. The number of hydrogen-bond donors (Lipinski definition) is 1. The van der Waals surface area contributed by atoms with E-state index in [1.54, 1.807) is 18.2 Å². The van der Waals surface area contributed by atoms with Crippen LogP contribution in [0.25, 0.3) is 0 Å². The molecule has 8 nitrogen and oxygen atoms in total. The second kappa shape index (κ2) is 9.79. The molecule has 1 aromatic carbocycles. The predicted molar refractivity (Wildman–Crippen MR) is 118 cm³/mol. The van der Waals surface area contributed by atoms with Crippen LogP contribution in [0.15, 0.2) is 18.2 Å². The molecule has 0 saturated carbocycles. The number of piperidine rings is 2. The summed E-state index contributed by atoms with van der Waals surface area (Å²) in [4.78, 5) is 42.7. The molecule has 1 N–H and O–H groups in total. The van der Waals surface area contributed by atoms with Gasteiger partial charge in [-0.1, -0.05) is 13.8 Å². The summed E-state index contributed by atoms with van der Waals surface area (Å²) in [6.07, 6.45) is 4.52. The van der Waals surface area contributed by atoms with Gasteiger partial charge in [0.05, 0.1) is 0 Å². The highest BCUT2D eigenvalue weighted by Crippen LogP contribution is 2.32. The molecule has 0 radical (unpaired) electrons. The monoisotopic (exact) mass is 443 g/mol. The zero-order valence-electron chi connectivity index (χ0n) is 19.0. The maximum absolute atomic E-state index is 13.5. The standard InChI is InChI=1S/C24H33N3O5/c1-16(2)23(29)27-12-8-17(9-13-27)21(24(30)26-10-4-3-5-11-26)25-22(28)18-6-7-19-20(14-18)32-15-31-19/h6-7,14,16-17,21H,3-5,8-13,15H2,1-2H3,(H,25,28)/t21-/m1/s1. The van der Waals surface area contributed by atoms with E-state index in [0.29, 0.717) is 43.0 Å². The second-order valence-corrected chi connectivity index (χ2v) is 9.22. The van der Waals surface area contributed by atoms with E-state index in [-0.39, 0.29) is 36.4 Å². The van der Waals surface area contributed by atoms with Gasteiger partial charge in [-0.2, -0.15) is 0 Å².